The van der Waals surface area contributed by atoms with Crippen LogP contribution in [0.2, 0.25) is 0 Å². The van der Waals surface area contributed by atoms with Gasteiger partial charge in [-0.15, -0.1) is 0 Å². The Morgan fingerprint density at radius 3 is 2.30 bits per heavy atom. The maximum absolute atomic E-state index is 13.7. The summed E-state index contributed by atoms with van der Waals surface area (Å²) >= 11 is 0. The highest BCUT2D eigenvalue weighted by atomic mass is 19.4. The van der Waals surface area contributed by atoms with Crippen molar-refractivity contribution in [1.82, 2.24) is 0 Å². The van der Waals surface area contributed by atoms with Crippen molar-refractivity contribution in [3.8, 4) is 0 Å². The minimum atomic E-state index is -4.59. The van der Waals surface area contributed by atoms with Crippen LogP contribution in [0.15, 0.2) is 18.2 Å². The Morgan fingerprint density at radius 2 is 1.90 bits per heavy atom. The minimum Gasteiger partial charge on any atom is -0.483 e. The third kappa shape index (κ3) is 3.85. The molecule has 0 radical (unpaired) electrons. The molecule has 0 aliphatic rings. The van der Waals surface area contributed by atoms with Crippen LogP contribution in [0, 0.1) is 17.1 Å². The lowest BCUT2D eigenvalue weighted by Crippen LogP contribution is -2.35. The first-order valence-corrected chi connectivity index (χ1v) is 5.92. The van der Waals surface area contributed by atoms with E-state index in [4.69, 9.17) is 10.1 Å². The fourth-order valence-corrected chi connectivity index (χ4v) is 1.64. The van der Waals surface area contributed by atoms with Crippen LogP contribution in [0.4, 0.5) is 23.2 Å². The van der Waals surface area contributed by atoms with Crippen molar-refractivity contribution in [2.75, 3.05) is 12.4 Å². The van der Waals surface area contributed by atoms with Crippen molar-refractivity contribution < 1.29 is 22.3 Å². The number of methoxy groups -OCH3 is 1. The summed E-state index contributed by atoms with van der Waals surface area (Å²) in [6.07, 6.45) is -4.59. The maximum atomic E-state index is 13.7. The molecule has 0 heterocycles. The number of hydrogen-bond donors (Lipinski definition) is 2. The van der Waals surface area contributed by atoms with Gasteiger partial charge in [-0.3, -0.25) is 5.41 Å². The van der Waals surface area contributed by atoms with E-state index in [2.05, 4.69) is 5.32 Å². The van der Waals surface area contributed by atoms with Gasteiger partial charge in [0.05, 0.1) is 18.4 Å². The van der Waals surface area contributed by atoms with Crippen LogP contribution in [0.3, 0.4) is 0 Å². The van der Waals surface area contributed by atoms with E-state index in [-0.39, 0.29) is 17.5 Å². The van der Waals surface area contributed by atoms with Gasteiger partial charge in [-0.2, -0.15) is 13.2 Å². The van der Waals surface area contributed by atoms with Crippen LogP contribution in [0.5, 0.6) is 0 Å². The summed E-state index contributed by atoms with van der Waals surface area (Å²) in [7, 11) is 1.31. The van der Waals surface area contributed by atoms with Gasteiger partial charge in [0, 0.05) is 0 Å². The fourth-order valence-electron chi connectivity index (χ4n) is 1.64. The molecule has 2 N–H and O–H groups in total. The Kier molecular flexibility index (Phi) is 4.97. The van der Waals surface area contributed by atoms with Gasteiger partial charge in [0.2, 0.25) is 5.90 Å². The van der Waals surface area contributed by atoms with Gasteiger partial charge in [0.1, 0.15) is 11.9 Å². The lowest BCUT2D eigenvalue weighted by Gasteiger charge is -2.23. The van der Waals surface area contributed by atoms with Crippen molar-refractivity contribution in [2.45, 2.75) is 26.1 Å². The molecule has 20 heavy (non-hydrogen) atoms. The number of halogens is 4. The predicted octanol–water partition coefficient (Wildman–Crippen LogP) is 3.90. The van der Waals surface area contributed by atoms with Crippen molar-refractivity contribution in [1.29, 1.82) is 5.41 Å². The standard InChI is InChI=1S/C13H16F4N2O/c1-7(2)11(12(18)20-3)19-10-5-4-8(6-9(10)14)13(15,16)17/h4-7,11,18-19H,1-3H3. The summed E-state index contributed by atoms with van der Waals surface area (Å²) in [6, 6.07) is 1.61. The van der Waals surface area contributed by atoms with E-state index in [1.807, 2.05) is 0 Å². The molecule has 1 aromatic rings. The normalized spacial score (nSPS) is 13.2. The molecule has 0 aliphatic heterocycles. The minimum absolute atomic E-state index is 0.0934. The molecule has 0 fully saturated rings. The number of hydrogen-bond acceptors (Lipinski definition) is 3. The SMILES string of the molecule is COC(=N)C(Nc1ccc(C(F)(F)F)cc1F)C(C)C. The summed E-state index contributed by atoms with van der Waals surface area (Å²) in [5.41, 5.74) is -1.15. The van der Waals surface area contributed by atoms with Crippen molar-refractivity contribution in [3.63, 3.8) is 0 Å². The zero-order chi connectivity index (χ0) is 15.5. The highest BCUT2D eigenvalue weighted by molar-refractivity contribution is 5.82. The molecule has 0 saturated carbocycles. The Balaban J connectivity index is 3.00. The van der Waals surface area contributed by atoms with Crippen LogP contribution < -0.4 is 5.32 Å². The Hall–Kier alpha value is -1.79. The molecule has 0 bridgehead atoms. The third-order valence-corrected chi connectivity index (χ3v) is 2.78. The summed E-state index contributed by atoms with van der Waals surface area (Å²) in [4.78, 5) is 0. The summed E-state index contributed by atoms with van der Waals surface area (Å²) in [6.45, 7) is 3.57. The van der Waals surface area contributed by atoms with E-state index in [1.54, 1.807) is 13.8 Å². The highest BCUT2D eigenvalue weighted by Gasteiger charge is 2.31. The number of nitrogens with one attached hydrogen (secondary N) is 2. The van der Waals surface area contributed by atoms with Crippen LogP contribution in [-0.4, -0.2) is 19.0 Å². The summed E-state index contributed by atoms with van der Waals surface area (Å²) < 4.78 is 55.8. The third-order valence-electron chi connectivity index (χ3n) is 2.78. The van der Waals surface area contributed by atoms with Gasteiger partial charge >= 0.3 is 6.18 Å². The van der Waals surface area contributed by atoms with Crippen molar-refractivity contribution >= 4 is 11.6 Å². The largest absolute Gasteiger partial charge is 0.483 e. The van der Waals surface area contributed by atoms with E-state index in [9.17, 15) is 17.6 Å². The topological polar surface area (TPSA) is 45.1 Å². The number of alkyl halides is 3. The Labute approximate surface area is 114 Å². The molecule has 3 nitrogen and oxygen atoms in total. The zero-order valence-electron chi connectivity index (χ0n) is 11.3. The summed E-state index contributed by atoms with van der Waals surface area (Å²) in [5, 5.41) is 10.3. The first kappa shape index (κ1) is 16.3. The van der Waals surface area contributed by atoms with E-state index in [1.165, 1.54) is 7.11 Å². The van der Waals surface area contributed by atoms with Crippen LogP contribution in [-0.2, 0) is 10.9 Å². The highest BCUT2D eigenvalue weighted by Crippen LogP contribution is 2.31. The first-order chi connectivity index (χ1) is 9.16. The molecule has 1 rings (SSSR count). The first-order valence-electron chi connectivity index (χ1n) is 5.92. The molecule has 0 aromatic heterocycles. The monoisotopic (exact) mass is 292 g/mol. The van der Waals surface area contributed by atoms with Crippen molar-refractivity contribution in [3.05, 3.63) is 29.6 Å². The van der Waals surface area contributed by atoms with Crippen LogP contribution in [0.1, 0.15) is 19.4 Å². The van der Waals surface area contributed by atoms with Gasteiger partial charge in [0.15, 0.2) is 0 Å². The fraction of sp³-hybridized carbons (Fsp3) is 0.462. The molecule has 0 amide bonds. The molecule has 0 saturated heterocycles. The molecule has 0 aliphatic carbocycles. The number of ether oxygens (including phenoxy) is 1. The summed E-state index contributed by atoms with van der Waals surface area (Å²) in [5.74, 6) is -1.22. The molecule has 7 heteroatoms. The van der Waals surface area contributed by atoms with E-state index >= 15 is 0 Å². The van der Waals surface area contributed by atoms with Crippen LogP contribution >= 0.6 is 0 Å². The molecule has 1 atom stereocenters. The number of rotatable bonds is 4. The van der Waals surface area contributed by atoms with Gasteiger partial charge in [-0.05, 0) is 24.1 Å². The molecule has 0 spiro atoms. The maximum Gasteiger partial charge on any atom is 0.416 e. The lowest BCUT2D eigenvalue weighted by molar-refractivity contribution is -0.137. The second-order valence-electron chi connectivity index (χ2n) is 4.63. The van der Waals surface area contributed by atoms with Crippen molar-refractivity contribution in [2.24, 2.45) is 5.92 Å². The van der Waals surface area contributed by atoms with Gasteiger partial charge in [-0.25, -0.2) is 4.39 Å². The quantitative estimate of drug-likeness (QED) is 0.502. The van der Waals surface area contributed by atoms with E-state index < -0.39 is 23.6 Å². The van der Waals surface area contributed by atoms with Gasteiger partial charge in [0.25, 0.3) is 0 Å². The lowest BCUT2D eigenvalue weighted by atomic mass is 10.0. The van der Waals surface area contributed by atoms with Crippen LogP contribution in [0.25, 0.3) is 0 Å². The van der Waals surface area contributed by atoms with E-state index in [0.717, 1.165) is 12.1 Å². The molecule has 1 unspecified atom stereocenters. The van der Waals surface area contributed by atoms with Gasteiger partial charge < -0.3 is 10.1 Å². The predicted molar refractivity (Wildman–Crippen MR) is 68.4 cm³/mol. The average molecular weight is 292 g/mol. The molecule has 1 aromatic carbocycles. The van der Waals surface area contributed by atoms with E-state index in [0.29, 0.717) is 6.07 Å². The number of benzene rings is 1. The molecular weight excluding hydrogens is 276 g/mol. The van der Waals surface area contributed by atoms with Gasteiger partial charge in [-0.1, -0.05) is 13.8 Å². The Bertz CT molecular complexity index is 486. The Morgan fingerprint density at radius 1 is 1.30 bits per heavy atom. The second-order valence-corrected chi connectivity index (χ2v) is 4.63. The molecule has 112 valence electrons. The second kappa shape index (κ2) is 6.11. The molecular formula is C13H16F4N2O. The zero-order valence-corrected chi connectivity index (χ0v) is 11.3. The average Bonchev–Trinajstić information content (AvgIpc) is 2.34. The smallest absolute Gasteiger partial charge is 0.416 e. The number of anilines is 1.